The van der Waals surface area contributed by atoms with Crippen LogP contribution in [-0.2, 0) is 11.3 Å². The lowest BCUT2D eigenvalue weighted by atomic mass is 10.1. The summed E-state index contributed by atoms with van der Waals surface area (Å²) >= 11 is 7.47. The zero-order valence-electron chi connectivity index (χ0n) is 15.5. The molecular weight excluding hydrogens is 380 g/mol. The molecule has 7 heteroatoms. The van der Waals surface area contributed by atoms with Crippen molar-refractivity contribution < 1.29 is 4.79 Å². The number of halogens is 1. The van der Waals surface area contributed by atoms with E-state index in [-0.39, 0.29) is 11.7 Å². The van der Waals surface area contributed by atoms with Gasteiger partial charge in [-0.1, -0.05) is 59.3 Å². The molecule has 0 aliphatic carbocycles. The highest BCUT2D eigenvalue weighted by molar-refractivity contribution is 7.99. The molecule has 0 unspecified atom stereocenters. The first kappa shape index (κ1) is 19.5. The molecule has 1 amide bonds. The highest BCUT2D eigenvalue weighted by atomic mass is 35.5. The second-order valence-corrected chi connectivity index (χ2v) is 7.52. The fraction of sp³-hybridized carbons (Fsp3) is 0.250. The second kappa shape index (κ2) is 8.59. The minimum atomic E-state index is -0.104. The number of amides is 1. The molecule has 0 spiro atoms. The molecule has 3 rings (SSSR count). The van der Waals surface area contributed by atoms with Crippen LogP contribution >= 0.6 is 23.4 Å². The van der Waals surface area contributed by atoms with Gasteiger partial charge in [0.25, 0.3) is 0 Å². The maximum Gasteiger partial charge on any atom is 0.234 e. The van der Waals surface area contributed by atoms with Crippen LogP contribution in [0.25, 0.3) is 11.4 Å². The predicted octanol–water partition coefficient (Wildman–Crippen LogP) is 4.97. The van der Waals surface area contributed by atoms with Crippen LogP contribution in [0.15, 0.2) is 47.6 Å². The Morgan fingerprint density at radius 2 is 1.89 bits per heavy atom. The van der Waals surface area contributed by atoms with E-state index in [1.807, 2.05) is 42.7 Å². The van der Waals surface area contributed by atoms with Crippen molar-refractivity contribution in [3.63, 3.8) is 0 Å². The number of carbonyl (C=O) groups is 1. The lowest BCUT2D eigenvalue weighted by Gasteiger charge is -2.10. The van der Waals surface area contributed by atoms with Crippen LogP contribution in [-0.4, -0.2) is 26.4 Å². The standard InChI is InChI=1S/C20H21ClN4OS/c1-4-25-19(15-10-8-13(2)9-11-15)23-24-20(25)27-12-18(26)22-17-7-5-6-16(21)14(17)3/h5-11H,4,12H2,1-3H3,(H,22,26). The van der Waals surface area contributed by atoms with Crippen molar-refractivity contribution in [2.24, 2.45) is 0 Å². The fourth-order valence-electron chi connectivity index (χ4n) is 2.66. The molecular formula is C20H21ClN4OS. The summed E-state index contributed by atoms with van der Waals surface area (Å²) < 4.78 is 2.02. The van der Waals surface area contributed by atoms with E-state index in [1.54, 1.807) is 6.07 Å². The quantitative estimate of drug-likeness (QED) is 0.593. The van der Waals surface area contributed by atoms with Gasteiger partial charge in [0.1, 0.15) is 0 Å². The first-order valence-electron chi connectivity index (χ1n) is 8.67. The second-order valence-electron chi connectivity index (χ2n) is 6.17. The van der Waals surface area contributed by atoms with Crippen LogP contribution in [0.5, 0.6) is 0 Å². The van der Waals surface area contributed by atoms with Crippen molar-refractivity contribution in [1.29, 1.82) is 0 Å². The zero-order chi connectivity index (χ0) is 19.4. The zero-order valence-corrected chi connectivity index (χ0v) is 17.1. The molecule has 0 radical (unpaired) electrons. The van der Waals surface area contributed by atoms with E-state index in [0.717, 1.165) is 34.3 Å². The monoisotopic (exact) mass is 400 g/mol. The fourth-order valence-corrected chi connectivity index (χ4v) is 3.63. The van der Waals surface area contributed by atoms with Crippen molar-refractivity contribution in [3.8, 4) is 11.4 Å². The summed E-state index contributed by atoms with van der Waals surface area (Å²) in [6.45, 7) is 6.70. The lowest BCUT2D eigenvalue weighted by molar-refractivity contribution is -0.113. The van der Waals surface area contributed by atoms with E-state index >= 15 is 0 Å². The smallest absolute Gasteiger partial charge is 0.234 e. The van der Waals surface area contributed by atoms with Crippen molar-refractivity contribution in [2.75, 3.05) is 11.1 Å². The van der Waals surface area contributed by atoms with Crippen LogP contribution in [0.2, 0.25) is 5.02 Å². The van der Waals surface area contributed by atoms with Gasteiger partial charge in [0, 0.05) is 22.8 Å². The Morgan fingerprint density at radius 3 is 2.59 bits per heavy atom. The summed E-state index contributed by atoms with van der Waals surface area (Å²) in [5, 5.41) is 12.9. The number of carbonyl (C=O) groups excluding carboxylic acids is 1. The van der Waals surface area contributed by atoms with Gasteiger partial charge in [-0.15, -0.1) is 10.2 Å². The van der Waals surface area contributed by atoms with Gasteiger partial charge in [-0.05, 0) is 38.5 Å². The molecule has 0 fully saturated rings. The first-order chi connectivity index (χ1) is 13.0. The third kappa shape index (κ3) is 4.51. The van der Waals surface area contributed by atoms with Crippen molar-refractivity contribution >= 4 is 35.0 Å². The highest BCUT2D eigenvalue weighted by Crippen LogP contribution is 2.26. The van der Waals surface area contributed by atoms with Gasteiger partial charge in [0.2, 0.25) is 5.91 Å². The predicted molar refractivity (Wildman–Crippen MR) is 111 cm³/mol. The summed E-state index contributed by atoms with van der Waals surface area (Å²) in [7, 11) is 0. The van der Waals surface area contributed by atoms with Crippen molar-refractivity contribution in [1.82, 2.24) is 14.8 Å². The molecule has 5 nitrogen and oxygen atoms in total. The third-order valence-electron chi connectivity index (χ3n) is 4.22. The van der Waals surface area contributed by atoms with Gasteiger partial charge in [-0.25, -0.2) is 0 Å². The Morgan fingerprint density at radius 1 is 1.15 bits per heavy atom. The van der Waals surface area contributed by atoms with Gasteiger partial charge in [0.05, 0.1) is 5.75 Å². The van der Waals surface area contributed by atoms with E-state index < -0.39 is 0 Å². The molecule has 0 bridgehead atoms. The largest absolute Gasteiger partial charge is 0.325 e. The van der Waals surface area contributed by atoms with Gasteiger partial charge < -0.3 is 9.88 Å². The van der Waals surface area contributed by atoms with Crippen LogP contribution < -0.4 is 5.32 Å². The van der Waals surface area contributed by atoms with Crippen LogP contribution in [0.4, 0.5) is 5.69 Å². The summed E-state index contributed by atoms with van der Waals surface area (Å²) in [5.41, 5.74) is 3.80. The Labute approximate surface area is 168 Å². The Bertz CT molecular complexity index is 953. The highest BCUT2D eigenvalue weighted by Gasteiger charge is 2.15. The van der Waals surface area contributed by atoms with Gasteiger partial charge >= 0.3 is 0 Å². The van der Waals surface area contributed by atoms with Crippen molar-refractivity contribution in [3.05, 3.63) is 58.6 Å². The summed E-state index contributed by atoms with van der Waals surface area (Å²) in [5.74, 6) is 0.955. The number of rotatable bonds is 6. The number of nitrogens with one attached hydrogen (secondary N) is 1. The van der Waals surface area contributed by atoms with Crippen molar-refractivity contribution in [2.45, 2.75) is 32.5 Å². The average Bonchev–Trinajstić information content (AvgIpc) is 3.07. The molecule has 0 saturated heterocycles. The maximum absolute atomic E-state index is 12.3. The molecule has 2 aromatic carbocycles. The van der Waals surface area contributed by atoms with Gasteiger partial charge in [0.15, 0.2) is 11.0 Å². The number of anilines is 1. The molecule has 1 heterocycles. The maximum atomic E-state index is 12.3. The van der Waals surface area contributed by atoms with Gasteiger partial charge in [-0.3, -0.25) is 4.79 Å². The number of hydrogen-bond acceptors (Lipinski definition) is 4. The Balaban J connectivity index is 1.70. The number of benzene rings is 2. The normalized spacial score (nSPS) is 10.8. The summed E-state index contributed by atoms with van der Waals surface area (Å²) in [4.78, 5) is 12.3. The minimum Gasteiger partial charge on any atom is -0.325 e. The summed E-state index contributed by atoms with van der Waals surface area (Å²) in [6.07, 6.45) is 0. The molecule has 1 N–H and O–H groups in total. The molecule has 0 atom stereocenters. The summed E-state index contributed by atoms with van der Waals surface area (Å²) in [6, 6.07) is 13.6. The van der Waals surface area contributed by atoms with E-state index in [2.05, 4.69) is 34.6 Å². The molecule has 0 aliphatic heterocycles. The Kier molecular flexibility index (Phi) is 6.19. The third-order valence-corrected chi connectivity index (χ3v) is 5.59. The topological polar surface area (TPSA) is 59.8 Å². The molecule has 140 valence electrons. The van der Waals surface area contributed by atoms with E-state index in [0.29, 0.717) is 5.02 Å². The number of nitrogens with zero attached hydrogens (tertiary/aromatic N) is 3. The lowest BCUT2D eigenvalue weighted by Crippen LogP contribution is -2.15. The number of aromatic nitrogens is 3. The number of aryl methyl sites for hydroxylation is 1. The SMILES string of the molecule is CCn1c(SCC(=O)Nc2cccc(Cl)c2C)nnc1-c1ccc(C)cc1. The molecule has 1 aromatic heterocycles. The van der Waals surface area contributed by atoms with Crippen LogP contribution in [0, 0.1) is 13.8 Å². The molecule has 0 saturated carbocycles. The van der Waals surface area contributed by atoms with Crippen LogP contribution in [0.1, 0.15) is 18.1 Å². The minimum absolute atomic E-state index is 0.104. The van der Waals surface area contributed by atoms with Crippen LogP contribution in [0.3, 0.4) is 0 Å². The van der Waals surface area contributed by atoms with E-state index in [4.69, 9.17) is 11.6 Å². The van der Waals surface area contributed by atoms with E-state index in [1.165, 1.54) is 17.3 Å². The van der Waals surface area contributed by atoms with E-state index in [9.17, 15) is 4.79 Å². The number of thioether (sulfide) groups is 1. The number of hydrogen-bond donors (Lipinski definition) is 1. The Hall–Kier alpha value is -2.31. The first-order valence-corrected chi connectivity index (χ1v) is 10.0. The molecule has 0 aliphatic rings. The molecule has 3 aromatic rings. The average molecular weight is 401 g/mol. The molecule has 27 heavy (non-hydrogen) atoms. The van der Waals surface area contributed by atoms with Gasteiger partial charge in [-0.2, -0.15) is 0 Å².